The number of amides is 1. The summed E-state index contributed by atoms with van der Waals surface area (Å²) in [4.78, 5) is 24.1. The highest BCUT2D eigenvalue weighted by molar-refractivity contribution is 8.13. The van der Waals surface area contributed by atoms with Crippen molar-refractivity contribution in [3.8, 4) is 11.8 Å². The Morgan fingerprint density at radius 3 is 2.68 bits per heavy atom. The Morgan fingerprint density at radius 2 is 2.05 bits per heavy atom. The first-order valence-electron chi connectivity index (χ1n) is 5.94. The van der Waals surface area contributed by atoms with E-state index in [2.05, 4.69) is 11.8 Å². The van der Waals surface area contributed by atoms with Gasteiger partial charge in [-0.25, -0.2) is 0 Å². The van der Waals surface area contributed by atoms with E-state index in [0.717, 1.165) is 5.56 Å². The molecule has 100 valence electrons. The Labute approximate surface area is 118 Å². The van der Waals surface area contributed by atoms with E-state index in [1.807, 2.05) is 12.1 Å². The fourth-order valence-corrected chi connectivity index (χ4v) is 1.89. The number of hydrogen-bond donors (Lipinski definition) is 0. The first kappa shape index (κ1) is 15.3. The van der Waals surface area contributed by atoms with Gasteiger partial charge in [0, 0.05) is 44.3 Å². The average Bonchev–Trinajstić information content (AvgIpc) is 2.37. The fourth-order valence-electron chi connectivity index (χ4n) is 1.40. The second-order valence-corrected chi connectivity index (χ2v) is 5.44. The Morgan fingerprint density at radius 1 is 1.32 bits per heavy atom. The minimum absolute atomic E-state index is 0.0317. The maximum absolute atomic E-state index is 11.8. The summed E-state index contributed by atoms with van der Waals surface area (Å²) in [6, 6.07) is 7.26. The standard InChI is InChI=1S/C15H17NO2S/c1-12(17)19-10-5-4-7-13-8-6-9-14(11-13)15(18)16(2)3/h6,8-9,11H,5,10H2,1-3H3. The lowest BCUT2D eigenvalue weighted by atomic mass is 10.1. The van der Waals surface area contributed by atoms with Crippen molar-refractivity contribution in [3.05, 3.63) is 35.4 Å². The van der Waals surface area contributed by atoms with Crippen LogP contribution in [0.25, 0.3) is 0 Å². The van der Waals surface area contributed by atoms with Gasteiger partial charge in [0.15, 0.2) is 5.12 Å². The molecule has 0 aliphatic carbocycles. The third kappa shape index (κ3) is 5.62. The van der Waals surface area contributed by atoms with Crippen molar-refractivity contribution >= 4 is 22.8 Å². The second kappa shape index (κ2) is 7.65. The summed E-state index contributed by atoms with van der Waals surface area (Å²) in [6.07, 6.45) is 0.663. The topological polar surface area (TPSA) is 37.4 Å². The van der Waals surface area contributed by atoms with Crippen LogP contribution in [0.15, 0.2) is 24.3 Å². The molecule has 1 aromatic rings. The predicted octanol–water partition coefficient (Wildman–Crippen LogP) is 2.41. The predicted molar refractivity (Wildman–Crippen MR) is 79.1 cm³/mol. The SMILES string of the molecule is CC(=O)SCCC#Cc1cccc(C(=O)N(C)C)c1. The number of thioether (sulfide) groups is 1. The molecule has 0 aliphatic heterocycles. The van der Waals surface area contributed by atoms with E-state index in [-0.39, 0.29) is 11.0 Å². The lowest BCUT2D eigenvalue weighted by Crippen LogP contribution is -2.21. The van der Waals surface area contributed by atoms with Gasteiger partial charge in [-0.1, -0.05) is 29.7 Å². The van der Waals surface area contributed by atoms with Gasteiger partial charge in [-0.05, 0) is 18.2 Å². The highest BCUT2D eigenvalue weighted by atomic mass is 32.2. The summed E-state index contributed by atoms with van der Waals surface area (Å²) < 4.78 is 0. The van der Waals surface area contributed by atoms with Gasteiger partial charge in [0.25, 0.3) is 5.91 Å². The van der Waals surface area contributed by atoms with Gasteiger partial charge >= 0.3 is 0 Å². The molecule has 1 rings (SSSR count). The number of carbonyl (C=O) groups is 2. The van der Waals surface area contributed by atoms with E-state index in [4.69, 9.17) is 0 Å². The van der Waals surface area contributed by atoms with Crippen LogP contribution in [0.2, 0.25) is 0 Å². The van der Waals surface area contributed by atoms with Crippen LogP contribution in [-0.2, 0) is 4.79 Å². The fraction of sp³-hybridized carbons (Fsp3) is 0.333. The quantitative estimate of drug-likeness (QED) is 0.628. The highest BCUT2D eigenvalue weighted by Gasteiger charge is 2.07. The van der Waals surface area contributed by atoms with Crippen LogP contribution in [0.5, 0.6) is 0 Å². The van der Waals surface area contributed by atoms with Crippen molar-refractivity contribution < 1.29 is 9.59 Å². The minimum atomic E-state index is -0.0317. The number of nitrogens with zero attached hydrogens (tertiary/aromatic N) is 1. The highest BCUT2D eigenvalue weighted by Crippen LogP contribution is 2.07. The molecule has 0 heterocycles. The van der Waals surface area contributed by atoms with Crippen LogP contribution >= 0.6 is 11.8 Å². The van der Waals surface area contributed by atoms with Crippen molar-refractivity contribution in [2.24, 2.45) is 0 Å². The summed E-state index contributed by atoms with van der Waals surface area (Å²) in [6.45, 7) is 1.55. The van der Waals surface area contributed by atoms with Gasteiger partial charge in [-0.3, -0.25) is 9.59 Å². The molecule has 0 aromatic heterocycles. The van der Waals surface area contributed by atoms with E-state index in [1.54, 1.807) is 33.2 Å². The lowest BCUT2D eigenvalue weighted by Gasteiger charge is -2.09. The molecular formula is C15H17NO2S. The summed E-state index contributed by atoms with van der Waals surface area (Å²) in [7, 11) is 3.44. The Balaban J connectivity index is 2.65. The van der Waals surface area contributed by atoms with Gasteiger partial charge in [0.2, 0.25) is 0 Å². The Bertz CT molecular complexity index is 526. The molecule has 1 amide bonds. The van der Waals surface area contributed by atoms with Crippen LogP contribution in [0.4, 0.5) is 0 Å². The van der Waals surface area contributed by atoms with Crippen molar-refractivity contribution in [1.29, 1.82) is 0 Å². The zero-order valence-corrected chi connectivity index (χ0v) is 12.2. The number of hydrogen-bond acceptors (Lipinski definition) is 3. The monoisotopic (exact) mass is 275 g/mol. The molecule has 0 radical (unpaired) electrons. The molecule has 0 unspecified atom stereocenters. The van der Waals surface area contributed by atoms with E-state index in [0.29, 0.717) is 17.7 Å². The first-order valence-corrected chi connectivity index (χ1v) is 6.93. The zero-order valence-electron chi connectivity index (χ0n) is 11.4. The van der Waals surface area contributed by atoms with E-state index >= 15 is 0 Å². The molecule has 0 saturated carbocycles. The maximum atomic E-state index is 11.8. The Kier molecular flexibility index (Phi) is 6.17. The van der Waals surface area contributed by atoms with E-state index in [9.17, 15) is 9.59 Å². The first-order chi connectivity index (χ1) is 9.00. The van der Waals surface area contributed by atoms with Crippen LogP contribution < -0.4 is 0 Å². The van der Waals surface area contributed by atoms with Gasteiger partial charge in [0.1, 0.15) is 0 Å². The molecule has 0 bridgehead atoms. The number of rotatable bonds is 3. The smallest absolute Gasteiger partial charge is 0.253 e. The van der Waals surface area contributed by atoms with Crippen LogP contribution in [0, 0.1) is 11.8 Å². The third-order valence-corrected chi connectivity index (χ3v) is 3.10. The third-order valence-electron chi connectivity index (χ3n) is 2.28. The van der Waals surface area contributed by atoms with Crippen molar-refractivity contribution in [2.45, 2.75) is 13.3 Å². The second-order valence-electron chi connectivity index (χ2n) is 4.17. The molecule has 0 saturated heterocycles. The molecule has 3 nitrogen and oxygen atoms in total. The normalized spacial score (nSPS) is 9.42. The summed E-state index contributed by atoms with van der Waals surface area (Å²) >= 11 is 1.28. The number of benzene rings is 1. The Hall–Kier alpha value is -1.73. The van der Waals surface area contributed by atoms with Crippen LogP contribution in [0.1, 0.15) is 29.3 Å². The summed E-state index contributed by atoms with van der Waals surface area (Å²) in [5.74, 6) is 6.69. The molecule has 0 atom stereocenters. The maximum Gasteiger partial charge on any atom is 0.253 e. The van der Waals surface area contributed by atoms with Crippen molar-refractivity contribution in [2.75, 3.05) is 19.8 Å². The van der Waals surface area contributed by atoms with E-state index < -0.39 is 0 Å². The molecule has 0 spiro atoms. The molecule has 0 fully saturated rings. The van der Waals surface area contributed by atoms with Gasteiger partial charge in [0.05, 0.1) is 0 Å². The van der Waals surface area contributed by atoms with Crippen molar-refractivity contribution in [1.82, 2.24) is 4.90 Å². The summed E-state index contributed by atoms with van der Waals surface area (Å²) in [5, 5.41) is 0.111. The van der Waals surface area contributed by atoms with Crippen LogP contribution in [-0.4, -0.2) is 35.8 Å². The molecule has 0 N–H and O–H groups in total. The largest absolute Gasteiger partial charge is 0.345 e. The number of carbonyl (C=O) groups excluding carboxylic acids is 2. The van der Waals surface area contributed by atoms with Gasteiger partial charge in [-0.2, -0.15) is 0 Å². The van der Waals surface area contributed by atoms with Gasteiger partial charge < -0.3 is 4.90 Å². The van der Waals surface area contributed by atoms with Crippen LogP contribution in [0.3, 0.4) is 0 Å². The molecule has 4 heteroatoms. The molecule has 1 aromatic carbocycles. The lowest BCUT2D eigenvalue weighted by molar-refractivity contribution is -0.109. The van der Waals surface area contributed by atoms with Gasteiger partial charge in [-0.15, -0.1) is 0 Å². The average molecular weight is 275 g/mol. The van der Waals surface area contributed by atoms with Crippen molar-refractivity contribution in [3.63, 3.8) is 0 Å². The summed E-state index contributed by atoms with van der Waals surface area (Å²) in [5.41, 5.74) is 1.45. The molecule has 19 heavy (non-hydrogen) atoms. The van der Waals surface area contributed by atoms with E-state index in [1.165, 1.54) is 16.7 Å². The molecular weight excluding hydrogens is 258 g/mol. The minimum Gasteiger partial charge on any atom is -0.345 e. The molecule has 0 aliphatic rings. The zero-order chi connectivity index (χ0) is 14.3.